The molecule has 1 saturated heterocycles. The zero-order valence-corrected chi connectivity index (χ0v) is 18.1. The number of pyridine rings is 1. The summed E-state index contributed by atoms with van der Waals surface area (Å²) in [6.45, 7) is 3.67. The molecule has 166 valence electrons. The van der Waals surface area contributed by atoms with Gasteiger partial charge in [0.05, 0.1) is 18.7 Å². The number of nitrogens with one attached hydrogen (secondary N) is 1. The minimum absolute atomic E-state index is 0.0247. The number of hydrogen-bond acceptors (Lipinski definition) is 6. The summed E-state index contributed by atoms with van der Waals surface area (Å²) in [5.74, 6) is 1.66. The predicted octanol–water partition coefficient (Wildman–Crippen LogP) is 4.08. The van der Waals surface area contributed by atoms with E-state index in [0.29, 0.717) is 31.3 Å². The average Bonchev–Trinajstić information content (AvgIpc) is 3.32. The van der Waals surface area contributed by atoms with E-state index in [9.17, 15) is 4.79 Å². The molecule has 2 aromatic carbocycles. The Labute approximate surface area is 191 Å². The molecule has 0 spiro atoms. The van der Waals surface area contributed by atoms with E-state index in [0.717, 1.165) is 22.4 Å². The molecule has 1 N–H and O–H groups in total. The van der Waals surface area contributed by atoms with Crippen molar-refractivity contribution < 1.29 is 14.1 Å². The lowest BCUT2D eigenvalue weighted by Gasteiger charge is -2.38. The smallest absolute Gasteiger partial charge is 0.317 e. The van der Waals surface area contributed by atoms with Crippen molar-refractivity contribution in [2.45, 2.75) is 19.6 Å². The summed E-state index contributed by atoms with van der Waals surface area (Å²) >= 11 is 0. The summed E-state index contributed by atoms with van der Waals surface area (Å²) in [5.41, 5.74) is 3.88. The highest BCUT2D eigenvalue weighted by Gasteiger charge is 2.32. The van der Waals surface area contributed by atoms with Crippen molar-refractivity contribution in [2.75, 3.05) is 13.1 Å². The van der Waals surface area contributed by atoms with E-state index >= 15 is 0 Å². The number of ether oxygens (including phenoxy) is 1. The number of urea groups is 1. The molecule has 4 aromatic rings. The van der Waals surface area contributed by atoms with Crippen molar-refractivity contribution in [1.82, 2.24) is 25.3 Å². The number of likely N-dealkylation sites (tertiary alicyclic amines) is 1. The molecule has 0 aliphatic carbocycles. The topological polar surface area (TPSA) is 93.4 Å². The molecule has 0 radical (unpaired) electrons. The SMILES string of the molecule is Cc1ccc(CNC(=O)N2CC(Oc3ccc(-c4noc(-c5cccnc5)n4)cc3)C2)cc1. The molecule has 2 amide bonds. The standard InChI is InChI=1S/C25H23N5O3/c1-17-4-6-18(7-5-17)13-27-25(31)30-15-22(16-30)32-21-10-8-19(9-11-21)23-28-24(33-29-23)20-3-2-12-26-14-20/h2-12,14,22H,13,15-16H2,1H3,(H,27,31). The molecule has 0 atom stereocenters. The molecule has 33 heavy (non-hydrogen) atoms. The second kappa shape index (κ2) is 9.12. The van der Waals surface area contributed by atoms with Crippen LogP contribution in [0.1, 0.15) is 11.1 Å². The highest BCUT2D eigenvalue weighted by molar-refractivity contribution is 5.75. The van der Waals surface area contributed by atoms with Gasteiger partial charge in [0.25, 0.3) is 5.89 Å². The molecule has 8 nitrogen and oxygen atoms in total. The number of amides is 2. The van der Waals surface area contributed by atoms with Gasteiger partial charge in [-0.15, -0.1) is 0 Å². The number of aromatic nitrogens is 3. The molecule has 1 aliphatic heterocycles. The first-order valence-corrected chi connectivity index (χ1v) is 10.7. The Morgan fingerprint density at radius 1 is 1.09 bits per heavy atom. The third-order valence-corrected chi connectivity index (χ3v) is 5.45. The van der Waals surface area contributed by atoms with Crippen LogP contribution >= 0.6 is 0 Å². The van der Waals surface area contributed by atoms with Crippen LogP contribution in [0, 0.1) is 6.92 Å². The van der Waals surface area contributed by atoms with Crippen LogP contribution in [0.5, 0.6) is 5.75 Å². The maximum absolute atomic E-state index is 12.3. The Morgan fingerprint density at radius 2 is 1.88 bits per heavy atom. The quantitative estimate of drug-likeness (QED) is 0.485. The molecule has 0 saturated carbocycles. The van der Waals surface area contributed by atoms with E-state index in [4.69, 9.17) is 9.26 Å². The summed E-state index contributed by atoms with van der Waals surface area (Å²) in [5, 5.41) is 7.00. The minimum Gasteiger partial charge on any atom is -0.487 e. The number of hydrogen-bond donors (Lipinski definition) is 1. The first-order valence-electron chi connectivity index (χ1n) is 10.7. The Bertz CT molecular complexity index is 1220. The van der Waals surface area contributed by atoms with Crippen LogP contribution in [0.15, 0.2) is 77.6 Å². The van der Waals surface area contributed by atoms with Crippen LogP contribution in [-0.4, -0.2) is 45.2 Å². The average molecular weight is 441 g/mol. The fourth-order valence-corrected chi connectivity index (χ4v) is 3.50. The second-order valence-corrected chi connectivity index (χ2v) is 7.98. The van der Waals surface area contributed by atoms with Crippen molar-refractivity contribution in [2.24, 2.45) is 0 Å². The van der Waals surface area contributed by atoms with Crippen LogP contribution < -0.4 is 10.1 Å². The monoisotopic (exact) mass is 441 g/mol. The summed E-state index contributed by atoms with van der Waals surface area (Å²) in [7, 11) is 0. The summed E-state index contributed by atoms with van der Waals surface area (Å²) in [6, 6.07) is 19.3. The maximum atomic E-state index is 12.3. The molecule has 1 fully saturated rings. The van der Waals surface area contributed by atoms with Crippen molar-refractivity contribution in [3.63, 3.8) is 0 Å². The fraction of sp³-hybridized carbons (Fsp3) is 0.200. The van der Waals surface area contributed by atoms with Crippen LogP contribution in [0.3, 0.4) is 0 Å². The Kier molecular flexibility index (Phi) is 5.72. The van der Waals surface area contributed by atoms with Gasteiger partial charge in [-0.1, -0.05) is 35.0 Å². The number of carbonyl (C=O) groups is 1. The molecular weight excluding hydrogens is 418 g/mol. The maximum Gasteiger partial charge on any atom is 0.317 e. The Balaban J connectivity index is 1.10. The summed E-state index contributed by atoms with van der Waals surface area (Å²) < 4.78 is 11.3. The van der Waals surface area contributed by atoms with Crippen LogP contribution in [0.25, 0.3) is 22.8 Å². The lowest BCUT2D eigenvalue weighted by Crippen LogP contribution is -2.58. The molecule has 0 unspecified atom stereocenters. The molecule has 0 bridgehead atoms. The molecule has 2 aromatic heterocycles. The van der Waals surface area contributed by atoms with E-state index in [2.05, 4.69) is 20.4 Å². The van der Waals surface area contributed by atoms with E-state index in [1.807, 2.05) is 67.6 Å². The van der Waals surface area contributed by atoms with Gasteiger partial charge in [0.1, 0.15) is 11.9 Å². The normalized spacial score (nSPS) is 13.4. The van der Waals surface area contributed by atoms with Gasteiger partial charge in [-0.3, -0.25) is 4.98 Å². The molecule has 3 heterocycles. The van der Waals surface area contributed by atoms with Crippen molar-refractivity contribution in [3.8, 4) is 28.6 Å². The summed E-state index contributed by atoms with van der Waals surface area (Å²) in [4.78, 5) is 22.5. The van der Waals surface area contributed by atoms with Crippen molar-refractivity contribution in [1.29, 1.82) is 0 Å². The van der Waals surface area contributed by atoms with Crippen molar-refractivity contribution >= 4 is 6.03 Å². The lowest BCUT2D eigenvalue weighted by molar-refractivity contribution is 0.0443. The molecular formula is C25H23N5O3. The zero-order chi connectivity index (χ0) is 22.6. The van der Waals surface area contributed by atoms with Crippen LogP contribution in [-0.2, 0) is 6.54 Å². The van der Waals surface area contributed by atoms with Crippen LogP contribution in [0.2, 0.25) is 0 Å². The number of aryl methyl sites for hydroxylation is 1. The minimum atomic E-state index is -0.0766. The van der Waals surface area contributed by atoms with Gasteiger partial charge in [0.2, 0.25) is 5.82 Å². The molecule has 8 heteroatoms. The number of rotatable bonds is 6. The van der Waals surface area contributed by atoms with Gasteiger partial charge in [-0.25, -0.2) is 4.79 Å². The highest BCUT2D eigenvalue weighted by Crippen LogP contribution is 2.25. The first kappa shape index (κ1) is 20.7. The number of nitrogens with zero attached hydrogens (tertiary/aromatic N) is 4. The third kappa shape index (κ3) is 4.85. The van der Waals surface area contributed by atoms with Gasteiger partial charge in [0, 0.05) is 24.5 Å². The Hall–Kier alpha value is -4.20. The van der Waals surface area contributed by atoms with Crippen LogP contribution in [0.4, 0.5) is 4.79 Å². The van der Waals surface area contributed by atoms with Gasteiger partial charge in [-0.05, 0) is 48.9 Å². The number of carbonyl (C=O) groups excluding carboxylic acids is 1. The fourth-order valence-electron chi connectivity index (χ4n) is 3.50. The third-order valence-electron chi connectivity index (χ3n) is 5.45. The molecule has 1 aliphatic rings. The van der Waals surface area contributed by atoms with Gasteiger partial charge >= 0.3 is 6.03 Å². The van der Waals surface area contributed by atoms with E-state index in [-0.39, 0.29) is 12.1 Å². The zero-order valence-electron chi connectivity index (χ0n) is 18.1. The van der Waals surface area contributed by atoms with E-state index < -0.39 is 0 Å². The summed E-state index contributed by atoms with van der Waals surface area (Å²) in [6.07, 6.45) is 3.35. The van der Waals surface area contributed by atoms with Gasteiger partial charge in [-0.2, -0.15) is 4.98 Å². The first-order chi connectivity index (χ1) is 16.1. The Morgan fingerprint density at radius 3 is 2.61 bits per heavy atom. The van der Waals surface area contributed by atoms with Gasteiger partial charge in [0.15, 0.2) is 0 Å². The lowest BCUT2D eigenvalue weighted by atomic mass is 10.1. The largest absolute Gasteiger partial charge is 0.487 e. The molecule has 5 rings (SSSR count). The number of benzene rings is 2. The van der Waals surface area contributed by atoms with E-state index in [1.165, 1.54) is 5.56 Å². The van der Waals surface area contributed by atoms with Gasteiger partial charge < -0.3 is 19.5 Å². The van der Waals surface area contributed by atoms with E-state index in [1.54, 1.807) is 17.3 Å². The highest BCUT2D eigenvalue weighted by atomic mass is 16.5. The van der Waals surface area contributed by atoms with Crippen molar-refractivity contribution in [3.05, 3.63) is 84.2 Å². The predicted molar refractivity (Wildman–Crippen MR) is 122 cm³/mol. The second-order valence-electron chi connectivity index (χ2n) is 7.98.